The molecule has 0 spiro atoms. The fourth-order valence-electron chi connectivity index (χ4n) is 3.35. The largest absolute Gasteiger partial charge is 0.497 e. The highest BCUT2D eigenvalue weighted by Crippen LogP contribution is 2.17. The van der Waals surface area contributed by atoms with Crippen molar-refractivity contribution in [2.24, 2.45) is 0 Å². The average molecular weight is 451 g/mol. The molecule has 0 heterocycles. The smallest absolute Gasteiger partial charge is 0.242 e. The summed E-state index contributed by atoms with van der Waals surface area (Å²) in [5.41, 5.74) is 2.64. The first-order chi connectivity index (χ1) is 15.5. The van der Waals surface area contributed by atoms with Crippen LogP contribution in [0.25, 0.3) is 0 Å². The van der Waals surface area contributed by atoms with Gasteiger partial charge in [0.05, 0.1) is 13.5 Å². The van der Waals surface area contributed by atoms with Crippen molar-refractivity contribution in [3.63, 3.8) is 0 Å². The van der Waals surface area contributed by atoms with E-state index < -0.39 is 6.04 Å². The molecule has 0 aliphatic rings. The Labute approximate surface area is 194 Å². The number of nitrogens with zero attached hydrogens (tertiary/aromatic N) is 1. The Bertz CT molecular complexity index is 1040. The van der Waals surface area contributed by atoms with Crippen LogP contribution in [-0.2, 0) is 29.1 Å². The molecule has 0 bridgehead atoms. The number of hydrogen-bond donors (Lipinski definition) is 1. The summed E-state index contributed by atoms with van der Waals surface area (Å²) < 4.78 is 5.21. The van der Waals surface area contributed by atoms with Crippen molar-refractivity contribution in [3.8, 4) is 5.75 Å². The minimum absolute atomic E-state index is 0.118. The van der Waals surface area contributed by atoms with Gasteiger partial charge in [0.25, 0.3) is 0 Å². The van der Waals surface area contributed by atoms with Gasteiger partial charge in [0.2, 0.25) is 11.8 Å². The normalized spacial score (nSPS) is 11.5. The molecule has 166 valence electrons. The van der Waals surface area contributed by atoms with Crippen LogP contribution in [0.1, 0.15) is 23.6 Å². The quantitative estimate of drug-likeness (QED) is 0.517. The van der Waals surface area contributed by atoms with Crippen molar-refractivity contribution >= 4 is 23.4 Å². The average Bonchev–Trinajstić information content (AvgIpc) is 2.82. The van der Waals surface area contributed by atoms with Crippen molar-refractivity contribution in [2.75, 3.05) is 7.11 Å². The molecule has 0 aromatic heterocycles. The van der Waals surface area contributed by atoms with Crippen molar-refractivity contribution in [1.82, 2.24) is 10.2 Å². The molecule has 0 unspecified atom stereocenters. The van der Waals surface area contributed by atoms with Crippen LogP contribution >= 0.6 is 11.6 Å². The highest BCUT2D eigenvalue weighted by molar-refractivity contribution is 6.31. The van der Waals surface area contributed by atoms with Crippen molar-refractivity contribution in [2.45, 2.75) is 32.5 Å². The number of rotatable bonds is 9. The van der Waals surface area contributed by atoms with Gasteiger partial charge in [0.1, 0.15) is 11.8 Å². The highest BCUT2D eigenvalue weighted by Gasteiger charge is 2.26. The number of carbonyl (C=O) groups excluding carboxylic acids is 2. The fraction of sp³-hybridized carbons (Fsp3) is 0.231. The first-order valence-corrected chi connectivity index (χ1v) is 10.8. The lowest BCUT2D eigenvalue weighted by Crippen LogP contribution is -2.48. The van der Waals surface area contributed by atoms with E-state index >= 15 is 0 Å². The Kier molecular flexibility index (Phi) is 8.28. The van der Waals surface area contributed by atoms with E-state index in [4.69, 9.17) is 16.3 Å². The predicted molar refractivity (Wildman–Crippen MR) is 126 cm³/mol. The number of nitrogens with one attached hydrogen (secondary N) is 1. The Morgan fingerprint density at radius 1 is 0.938 bits per heavy atom. The SMILES string of the molecule is COc1ccc(CN(C(=O)Cc2ccccc2)[C@@H](C)C(=O)NCc2ccccc2Cl)cc1. The monoisotopic (exact) mass is 450 g/mol. The molecule has 6 heteroatoms. The first kappa shape index (κ1) is 23.4. The van der Waals surface area contributed by atoms with Gasteiger partial charge in [-0.1, -0.05) is 72.3 Å². The summed E-state index contributed by atoms with van der Waals surface area (Å²) in [7, 11) is 1.61. The fourth-order valence-corrected chi connectivity index (χ4v) is 3.56. The van der Waals surface area contributed by atoms with E-state index in [-0.39, 0.29) is 18.2 Å². The van der Waals surface area contributed by atoms with E-state index in [1.54, 1.807) is 25.0 Å². The van der Waals surface area contributed by atoms with E-state index in [0.717, 1.165) is 22.4 Å². The van der Waals surface area contributed by atoms with Gasteiger partial charge in [-0.05, 0) is 41.8 Å². The number of ether oxygens (including phenoxy) is 1. The number of carbonyl (C=O) groups is 2. The zero-order chi connectivity index (χ0) is 22.9. The molecule has 0 fully saturated rings. The summed E-state index contributed by atoms with van der Waals surface area (Å²) in [5.74, 6) is 0.383. The molecule has 1 N–H and O–H groups in total. The minimum Gasteiger partial charge on any atom is -0.497 e. The summed E-state index contributed by atoms with van der Waals surface area (Å²) in [6.45, 7) is 2.36. The lowest BCUT2D eigenvalue weighted by atomic mass is 10.1. The Hall–Kier alpha value is -3.31. The van der Waals surface area contributed by atoms with Crippen LogP contribution in [0.5, 0.6) is 5.75 Å². The molecular weight excluding hydrogens is 424 g/mol. The summed E-state index contributed by atoms with van der Waals surface area (Å²) in [6.07, 6.45) is 0.221. The zero-order valence-electron chi connectivity index (χ0n) is 18.3. The lowest BCUT2D eigenvalue weighted by molar-refractivity contribution is -0.140. The van der Waals surface area contributed by atoms with E-state index in [2.05, 4.69) is 5.32 Å². The maximum absolute atomic E-state index is 13.2. The molecule has 3 aromatic rings. The first-order valence-electron chi connectivity index (χ1n) is 10.5. The number of methoxy groups -OCH3 is 1. The van der Waals surface area contributed by atoms with Gasteiger partial charge in [-0.15, -0.1) is 0 Å². The topological polar surface area (TPSA) is 58.6 Å². The predicted octanol–water partition coefficient (Wildman–Crippen LogP) is 4.62. The van der Waals surface area contributed by atoms with Crippen molar-refractivity contribution < 1.29 is 14.3 Å². The summed E-state index contributed by atoms with van der Waals surface area (Å²) >= 11 is 6.20. The van der Waals surface area contributed by atoms with Crippen LogP contribution < -0.4 is 10.1 Å². The van der Waals surface area contributed by atoms with Crippen LogP contribution in [0.15, 0.2) is 78.9 Å². The van der Waals surface area contributed by atoms with Gasteiger partial charge >= 0.3 is 0 Å². The van der Waals surface area contributed by atoms with E-state index in [1.165, 1.54) is 0 Å². The molecule has 0 aliphatic heterocycles. The summed E-state index contributed by atoms with van der Waals surface area (Å²) in [6, 6.07) is 23.7. The number of halogens is 1. The molecule has 0 saturated heterocycles. The van der Waals surface area contributed by atoms with E-state index in [0.29, 0.717) is 18.1 Å². The summed E-state index contributed by atoms with van der Waals surface area (Å²) in [4.78, 5) is 27.8. The molecule has 3 aromatic carbocycles. The maximum atomic E-state index is 13.2. The lowest BCUT2D eigenvalue weighted by Gasteiger charge is -2.29. The second-order valence-electron chi connectivity index (χ2n) is 7.52. The molecule has 2 amide bonds. The third-order valence-corrected chi connectivity index (χ3v) is 5.66. The number of benzene rings is 3. The highest BCUT2D eigenvalue weighted by atomic mass is 35.5. The molecule has 3 rings (SSSR count). The summed E-state index contributed by atoms with van der Waals surface area (Å²) in [5, 5.41) is 3.50. The van der Waals surface area contributed by atoms with Crippen LogP contribution in [0.3, 0.4) is 0 Å². The molecule has 0 aliphatic carbocycles. The van der Waals surface area contributed by atoms with E-state index in [9.17, 15) is 9.59 Å². The Balaban J connectivity index is 1.75. The zero-order valence-corrected chi connectivity index (χ0v) is 19.0. The van der Waals surface area contributed by atoms with Gasteiger partial charge in [0, 0.05) is 18.1 Å². The van der Waals surface area contributed by atoms with Crippen LogP contribution in [-0.4, -0.2) is 29.9 Å². The second kappa shape index (κ2) is 11.3. The van der Waals surface area contributed by atoms with Crippen LogP contribution in [0.2, 0.25) is 5.02 Å². The Morgan fingerprint density at radius 2 is 1.59 bits per heavy atom. The van der Waals surface area contributed by atoms with Crippen molar-refractivity contribution in [3.05, 3.63) is 101 Å². The van der Waals surface area contributed by atoms with Gasteiger partial charge < -0.3 is 15.0 Å². The van der Waals surface area contributed by atoms with Crippen LogP contribution in [0, 0.1) is 0 Å². The molecule has 1 atom stereocenters. The van der Waals surface area contributed by atoms with Gasteiger partial charge in [0.15, 0.2) is 0 Å². The molecule has 0 radical (unpaired) electrons. The number of amides is 2. The van der Waals surface area contributed by atoms with Gasteiger partial charge in [-0.2, -0.15) is 0 Å². The molecule has 5 nitrogen and oxygen atoms in total. The van der Waals surface area contributed by atoms with Gasteiger partial charge in [-0.3, -0.25) is 9.59 Å². The van der Waals surface area contributed by atoms with E-state index in [1.807, 2.05) is 72.8 Å². The molecular formula is C26H27ClN2O3. The molecule has 0 saturated carbocycles. The van der Waals surface area contributed by atoms with Crippen molar-refractivity contribution in [1.29, 1.82) is 0 Å². The third kappa shape index (κ3) is 6.34. The van der Waals surface area contributed by atoms with Gasteiger partial charge in [-0.25, -0.2) is 0 Å². The number of hydrogen-bond acceptors (Lipinski definition) is 3. The molecule has 32 heavy (non-hydrogen) atoms. The second-order valence-corrected chi connectivity index (χ2v) is 7.92. The minimum atomic E-state index is -0.657. The van der Waals surface area contributed by atoms with Crippen LogP contribution in [0.4, 0.5) is 0 Å². The Morgan fingerprint density at radius 3 is 2.25 bits per heavy atom. The third-order valence-electron chi connectivity index (χ3n) is 5.29. The maximum Gasteiger partial charge on any atom is 0.242 e. The standard InChI is InChI=1S/C26H27ClN2O3/c1-19(26(31)28-17-22-10-6-7-11-24(22)27)29(18-21-12-14-23(32-2)15-13-21)25(30)16-20-8-4-3-5-9-20/h3-15,19H,16-18H2,1-2H3,(H,28,31)/t19-/m0/s1.